The standard InChI is InChI=1S/C6H14N2O2/c1-7-3-4-8-5-6(9)10-2/h7-8H,3-5H2,1-2H3. The first-order chi connectivity index (χ1) is 4.81. The molecule has 0 unspecified atom stereocenters. The maximum atomic E-state index is 10.5. The largest absolute Gasteiger partial charge is 0.468 e. The molecule has 0 heterocycles. The molecule has 0 aromatic carbocycles. The van der Waals surface area contributed by atoms with Crippen molar-refractivity contribution in [3.63, 3.8) is 0 Å². The predicted molar refractivity (Wildman–Crippen MR) is 38.8 cm³/mol. The molecule has 0 radical (unpaired) electrons. The van der Waals surface area contributed by atoms with Gasteiger partial charge in [-0.05, 0) is 7.05 Å². The summed E-state index contributed by atoms with van der Waals surface area (Å²) in [5.41, 5.74) is 0. The van der Waals surface area contributed by atoms with E-state index < -0.39 is 0 Å². The summed E-state index contributed by atoms with van der Waals surface area (Å²) in [6.45, 7) is 1.93. The van der Waals surface area contributed by atoms with E-state index in [9.17, 15) is 4.79 Å². The highest BCUT2D eigenvalue weighted by atomic mass is 16.5. The van der Waals surface area contributed by atoms with Crippen molar-refractivity contribution < 1.29 is 9.53 Å². The molecule has 4 heteroatoms. The SMILES string of the molecule is CNCCNCC(=O)OC. The topological polar surface area (TPSA) is 50.4 Å². The molecule has 60 valence electrons. The van der Waals surface area contributed by atoms with E-state index in [4.69, 9.17) is 0 Å². The van der Waals surface area contributed by atoms with Gasteiger partial charge in [-0.25, -0.2) is 0 Å². The van der Waals surface area contributed by atoms with Crippen molar-refractivity contribution in [2.75, 3.05) is 33.8 Å². The fourth-order valence-corrected chi connectivity index (χ4v) is 0.476. The second-order valence-electron chi connectivity index (χ2n) is 1.86. The van der Waals surface area contributed by atoms with Crippen LogP contribution in [0.5, 0.6) is 0 Å². The molecular formula is C6H14N2O2. The second-order valence-corrected chi connectivity index (χ2v) is 1.86. The molecule has 0 aliphatic carbocycles. The van der Waals surface area contributed by atoms with Crippen molar-refractivity contribution in [1.29, 1.82) is 0 Å². The summed E-state index contributed by atoms with van der Waals surface area (Å²) in [4.78, 5) is 10.5. The number of likely N-dealkylation sites (N-methyl/N-ethyl adjacent to an activating group) is 1. The minimum absolute atomic E-state index is 0.226. The number of hydrogen-bond donors (Lipinski definition) is 2. The number of methoxy groups -OCH3 is 1. The molecule has 0 rings (SSSR count). The molecule has 0 spiro atoms. The Hall–Kier alpha value is -0.610. The van der Waals surface area contributed by atoms with Crippen molar-refractivity contribution >= 4 is 5.97 Å². The fraction of sp³-hybridized carbons (Fsp3) is 0.833. The zero-order chi connectivity index (χ0) is 7.82. The molecular weight excluding hydrogens is 132 g/mol. The van der Waals surface area contributed by atoms with Gasteiger partial charge in [0, 0.05) is 13.1 Å². The zero-order valence-electron chi connectivity index (χ0n) is 6.44. The van der Waals surface area contributed by atoms with Crippen LogP contribution in [0, 0.1) is 0 Å². The summed E-state index contributed by atoms with van der Waals surface area (Å²) in [7, 11) is 3.24. The number of rotatable bonds is 5. The highest BCUT2D eigenvalue weighted by Gasteiger charge is 1.95. The molecule has 0 aliphatic heterocycles. The Morgan fingerprint density at radius 3 is 2.70 bits per heavy atom. The van der Waals surface area contributed by atoms with Gasteiger partial charge in [0.15, 0.2) is 0 Å². The van der Waals surface area contributed by atoms with Crippen molar-refractivity contribution in [3.05, 3.63) is 0 Å². The Bertz CT molecular complexity index is 95.7. The van der Waals surface area contributed by atoms with Crippen molar-refractivity contribution in [2.24, 2.45) is 0 Å². The number of carbonyl (C=O) groups excluding carboxylic acids is 1. The van der Waals surface area contributed by atoms with E-state index in [1.807, 2.05) is 7.05 Å². The van der Waals surface area contributed by atoms with Gasteiger partial charge in [-0.1, -0.05) is 0 Å². The Labute approximate surface area is 60.9 Å². The molecule has 0 saturated carbocycles. The van der Waals surface area contributed by atoms with Crippen LogP contribution in [0.4, 0.5) is 0 Å². The molecule has 0 atom stereocenters. The average Bonchev–Trinajstić information content (AvgIpc) is 1.98. The van der Waals surface area contributed by atoms with Crippen LogP contribution in [0.1, 0.15) is 0 Å². The number of ether oxygens (including phenoxy) is 1. The van der Waals surface area contributed by atoms with E-state index in [0.717, 1.165) is 13.1 Å². The maximum absolute atomic E-state index is 10.5. The number of hydrogen-bond acceptors (Lipinski definition) is 4. The van der Waals surface area contributed by atoms with Crippen molar-refractivity contribution in [3.8, 4) is 0 Å². The average molecular weight is 146 g/mol. The van der Waals surface area contributed by atoms with Gasteiger partial charge in [0.2, 0.25) is 0 Å². The van der Waals surface area contributed by atoms with Gasteiger partial charge in [-0.2, -0.15) is 0 Å². The zero-order valence-corrected chi connectivity index (χ0v) is 6.44. The van der Waals surface area contributed by atoms with E-state index >= 15 is 0 Å². The van der Waals surface area contributed by atoms with Crippen LogP contribution in [0.15, 0.2) is 0 Å². The Morgan fingerprint density at radius 2 is 2.20 bits per heavy atom. The predicted octanol–water partition coefficient (Wildman–Crippen LogP) is -1.03. The highest BCUT2D eigenvalue weighted by Crippen LogP contribution is 1.67. The van der Waals surface area contributed by atoms with Gasteiger partial charge in [0.25, 0.3) is 0 Å². The van der Waals surface area contributed by atoms with E-state index in [2.05, 4.69) is 15.4 Å². The summed E-state index contributed by atoms with van der Waals surface area (Å²) in [5.74, 6) is -0.226. The van der Waals surface area contributed by atoms with Crippen LogP contribution in [-0.4, -0.2) is 39.8 Å². The summed E-state index contributed by atoms with van der Waals surface area (Å²) >= 11 is 0. The van der Waals surface area contributed by atoms with Gasteiger partial charge in [-0.3, -0.25) is 4.79 Å². The molecule has 0 aromatic rings. The first kappa shape index (κ1) is 9.39. The Balaban J connectivity index is 2.96. The Kier molecular flexibility index (Phi) is 6.11. The van der Waals surface area contributed by atoms with E-state index in [0.29, 0.717) is 0 Å². The lowest BCUT2D eigenvalue weighted by atomic mass is 10.5. The van der Waals surface area contributed by atoms with Gasteiger partial charge in [0.05, 0.1) is 13.7 Å². The lowest BCUT2D eigenvalue weighted by Crippen LogP contribution is -2.30. The quantitative estimate of drug-likeness (QED) is 0.384. The summed E-state index contributed by atoms with van der Waals surface area (Å²) in [6.07, 6.45) is 0. The molecule has 10 heavy (non-hydrogen) atoms. The van der Waals surface area contributed by atoms with Crippen molar-refractivity contribution in [2.45, 2.75) is 0 Å². The highest BCUT2D eigenvalue weighted by molar-refractivity contribution is 5.71. The van der Waals surface area contributed by atoms with Crippen LogP contribution >= 0.6 is 0 Å². The molecule has 2 N–H and O–H groups in total. The van der Waals surface area contributed by atoms with Crippen LogP contribution in [0.25, 0.3) is 0 Å². The third-order valence-corrected chi connectivity index (χ3v) is 1.05. The summed E-state index contributed by atoms with van der Waals surface area (Å²) in [5, 5.41) is 5.84. The summed E-state index contributed by atoms with van der Waals surface area (Å²) in [6, 6.07) is 0. The van der Waals surface area contributed by atoms with E-state index in [1.165, 1.54) is 7.11 Å². The molecule has 0 aliphatic rings. The number of esters is 1. The molecule has 0 fully saturated rings. The monoisotopic (exact) mass is 146 g/mol. The number of nitrogens with one attached hydrogen (secondary N) is 2. The van der Waals surface area contributed by atoms with Crippen LogP contribution < -0.4 is 10.6 Å². The van der Waals surface area contributed by atoms with E-state index in [1.54, 1.807) is 0 Å². The normalized spacial score (nSPS) is 9.40. The minimum Gasteiger partial charge on any atom is -0.468 e. The maximum Gasteiger partial charge on any atom is 0.319 e. The Morgan fingerprint density at radius 1 is 1.50 bits per heavy atom. The lowest BCUT2D eigenvalue weighted by molar-refractivity contribution is -0.139. The summed E-state index contributed by atoms with van der Waals surface area (Å²) < 4.78 is 4.41. The van der Waals surface area contributed by atoms with E-state index in [-0.39, 0.29) is 12.5 Å². The molecule has 0 amide bonds. The minimum atomic E-state index is -0.226. The molecule has 4 nitrogen and oxygen atoms in total. The first-order valence-electron chi connectivity index (χ1n) is 3.23. The van der Waals surface area contributed by atoms with Crippen LogP contribution in [0.2, 0.25) is 0 Å². The van der Waals surface area contributed by atoms with Gasteiger partial charge >= 0.3 is 5.97 Å². The van der Waals surface area contributed by atoms with Gasteiger partial charge < -0.3 is 15.4 Å². The second kappa shape index (κ2) is 6.51. The lowest BCUT2D eigenvalue weighted by Gasteiger charge is -2.01. The third-order valence-electron chi connectivity index (χ3n) is 1.05. The molecule has 0 bridgehead atoms. The van der Waals surface area contributed by atoms with Crippen LogP contribution in [0.3, 0.4) is 0 Å². The van der Waals surface area contributed by atoms with Crippen LogP contribution in [-0.2, 0) is 9.53 Å². The molecule has 0 aromatic heterocycles. The number of carbonyl (C=O) groups is 1. The first-order valence-corrected chi connectivity index (χ1v) is 3.23. The third kappa shape index (κ3) is 5.53. The molecule has 0 saturated heterocycles. The van der Waals surface area contributed by atoms with Crippen molar-refractivity contribution in [1.82, 2.24) is 10.6 Å². The smallest absolute Gasteiger partial charge is 0.319 e. The fourth-order valence-electron chi connectivity index (χ4n) is 0.476. The van der Waals surface area contributed by atoms with Gasteiger partial charge in [-0.15, -0.1) is 0 Å². The van der Waals surface area contributed by atoms with Gasteiger partial charge in [0.1, 0.15) is 0 Å².